The lowest BCUT2D eigenvalue weighted by Gasteiger charge is -2.13. The Labute approximate surface area is 379 Å². The smallest absolute Gasteiger partial charge is 0.227 e. The first-order valence-corrected chi connectivity index (χ1v) is 22.0. The average Bonchev–Trinajstić information content (AvgIpc) is 4.01. The topological polar surface area (TPSA) is 77.8 Å². The Bertz CT molecular complexity index is 3950. The first-order chi connectivity index (χ1) is 32.7. The summed E-state index contributed by atoms with van der Waals surface area (Å²) >= 11 is 0. The van der Waals surface area contributed by atoms with Crippen LogP contribution < -0.4 is 0 Å². The number of hydrogen-bond donors (Lipinski definition) is 0. The second-order valence-electron chi connectivity index (χ2n) is 16.5. The number of hydrogen-bond acceptors (Lipinski definition) is 6. The fraction of sp³-hybridized carbons (Fsp3) is 0. The monoisotopic (exact) mass is 844 g/mol. The van der Waals surface area contributed by atoms with E-state index in [0.717, 1.165) is 77.2 Å². The molecule has 0 N–H and O–H groups in total. The molecule has 0 bridgehead atoms. The van der Waals surface area contributed by atoms with Crippen molar-refractivity contribution >= 4 is 54.6 Å². The van der Waals surface area contributed by atoms with Gasteiger partial charge in [0, 0.05) is 27.6 Å². The van der Waals surface area contributed by atoms with Gasteiger partial charge >= 0.3 is 0 Å². The number of fused-ring (bicyclic) bond motifs is 8. The molecule has 0 spiro atoms. The SMILES string of the molecule is c1ccc(-c2ccc(-c3nc(-c4ccc(-c5cccc6cccc(-c7ccccc7)c56)cc4)nc(-c4ccc5ccc6oc7ccc8oc(-c9ccccc9)nc8c7c6c5c4)n3)cc2)cc1. The van der Waals surface area contributed by atoms with Gasteiger partial charge in [-0.1, -0.05) is 182 Å². The van der Waals surface area contributed by atoms with Gasteiger partial charge in [-0.25, -0.2) is 19.9 Å². The van der Waals surface area contributed by atoms with Gasteiger partial charge < -0.3 is 8.83 Å². The highest BCUT2D eigenvalue weighted by Crippen LogP contribution is 2.42. The van der Waals surface area contributed by atoms with E-state index < -0.39 is 0 Å². The Balaban J connectivity index is 0.961. The zero-order valence-corrected chi connectivity index (χ0v) is 35.4. The Morgan fingerprint density at radius 2 is 0.742 bits per heavy atom. The minimum atomic E-state index is 0.567. The van der Waals surface area contributed by atoms with E-state index in [2.05, 4.69) is 164 Å². The van der Waals surface area contributed by atoms with Crippen LogP contribution in [0.2, 0.25) is 0 Å². The third-order valence-electron chi connectivity index (χ3n) is 12.6. The zero-order valence-electron chi connectivity index (χ0n) is 35.4. The van der Waals surface area contributed by atoms with Crippen molar-refractivity contribution in [3.63, 3.8) is 0 Å². The van der Waals surface area contributed by atoms with Gasteiger partial charge in [0.05, 0.1) is 5.39 Å². The van der Waals surface area contributed by atoms with Crippen molar-refractivity contribution < 1.29 is 8.83 Å². The van der Waals surface area contributed by atoms with Crippen LogP contribution in [0.3, 0.4) is 0 Å². The van der Waals surface area contributed by atoms with E-state index in [9.17, 15) is 0 Å². The van der Waals surface area contributed by atoms with Crippen LogP contribution in [0.15, 0.2) is 227 Å². The molecule has 3 heterocycles. The van der Waals surface area contributed by atoms with Gasteiger partial charge in [-0.15, -0.1) is 0 Å². The molecule has 10 aromatic carbocycles. The number of nitrogens with zero attached hydrogens (tertiary/aromatic N) is 4. The highest BCUT2D eigenvalue weighted by molar-refractivity contribution is 6.25. The fourth-order valence-corrected chi connectivity index (χ4v) is 9.35. The molecule has 308 valence electrons. The van der Waals surface area contributed by atoms with Crippen molar-refractivity contribution in [3.05, 3.63) is 218 Å². The molecule has 6 nitrogen and oxygen atoms in total. The van der Waals surface area contributed by atoms with Crippen LogP contribution in [-0.4, -0.2) is 19.9 Å². The van der Waals surface area contributed by atoms with Gasteiger partial charge in [0.25, 0.3) is 0 Å². The summed E-state index contributed by atoms with van der Waals surface area (Å²) in [5.41, 5.74) is 13.5. The van der Waals surface area contributed by atoms with Crippen LogP contribution >= 0.6 is 0 Å². The second kappa shape index (κ2) is 15.4. The summed E-state index contributed by atoms with van der Waals surface area (Å²) in [5.74, 6) is 2.31. The molecule has 3 aromatic heterocycles. The molecule has 0 aliphatic carbocycles. The molecule has 0 saturated carbocycles. The molecule has 0 aliphatic rings. The van der Waals surface area contributed by atoms with Crippen LogP contribution in [0.5, 0.6) is 0 Å². The normalized spacial score (nSPS) is 11.6. The van der Waals surface area contributed by atoms with E-state index in [1.807, 2.05) is 54.6 Å². The van der Waals surface area contributed by atoms with Crippen LogP contribution in [0.1, 0.15) is 0 Å². The quantitative estimate of drug-likeness (QED) is 0.159. The van der Waals surface area contributed by atoms with E-state index in [1.165, 1.54) is 27.5 Å². The van der Waals surface area contributed by atoms with Crippen LogP contribution in [0, 0.1) is 0 Å². The molecule has 13 rings (SSSR count). The van der Waals surface area contributed by atoms with Gasteiger partial charge in [0.2, 0.25) is 5.89 Å². The summed E-state index contributed by atoms with van der Waals surface area (Å²) < 4.78 is 12.8. The minimum absolute atomic E-state index is 0.567. The van der Waals surface area contributed by atoms with Crippen LogP contribution in [0.25, 0.3) is 134 Å². The van der Waals surface area contributed by atoms with Crippen molar-refractivity contribution in [2.24, 2.45) is 0 Å². The molecule has 6 heteroatoms. The minimum Gasteiger partial charge on any atom is -0.456 e. The lowest BCUT2D eigenvalue weighted by atomic mass is 9.91. The van der Waals surface area contributed by atoms with Gasteiger partial charge in [-0.2, -0.15) is 0 Å². The zero-order chi connectivity index (χ0) is 43.6. The van der Waals surface area contributed by atoms with Gasteiger partial charge in [0.15, 0.2) is 23.1 Å². The van der Waals surface area contributed by atoms with Crippen LogP contribution in [-0.2, 0) is 0 Å². The summed E-state index contributed by atoms with van der Waals surface area (Å²) in [4.78, 5) is 20.6. The first kappa shape index (κ1) is 37.5. The number of furan rings is 1. The summed E-state index contributed by atoms with van der Waals surface area (Å²) in [6, 6.07) is 75.4. The third-order valence-corrected chi connectivity index (χ3v) is 12.6. The molecule has 0 aliphatic heterocycles. The van der Waals surface area contributed by atoms with Crippen LogP contribution in [0.4, 0.5) is 0 Å². The predicted octanol–water partition coefficient (Wildman–Crippen LogP) is 15.9. The maximum Gasteiger partial charge on any atom is 0.227 e. The van der Waals surface area contributed by atoms with Gasteiger partial charge in [-0.05, 0) is 91.3 Å². The van der Waals surface area contributed by atoms with E-state index in [4.69, 9.17) is 28.8 Å². The molecular weight excluding hydrogens is 809 g/mol. The summed E-state index contributed by atoms with van der Waals surface area (Å²) in [6.07, 6.45) is 0. The summed E-state index contributed by atoms with van der Waals surface area (Å²) in [6.45, 7) is 0. The number of benzene rings is 10. The van der Waals surface area contributed by atoms with Crippen molar-refractivity contribution in [1.82, 2.24) is 19.9 Å². The molecule has 0 fully saturated rings. The Morgan fingerprint density at radius 1 is 0.273 bits per heavy atom. The van der Waals surface area contributed by atoms with Crippen molar-refractivity contribution in [1.29, 1.82) is 0 Å². The molecule has 0 amide bonds. The Hall–Kier alpha value is -9.00. The lowest BCUT2D eigenvalue weighted by molar-refractivity contribution is 0.619. The average molecular weight is 845 g/mol. The molecule has 0 radical (unpaired) electrons. The van der Waals surface area contributed by atoms with Crippen molar-refractivity contribution in [2.45, 2.75) is 0 Å². The fourth-order valence-electron chi connectivity index (χ4n) is 9.35. The standard InChI is InChI=1S/C60H36N4O2/c1-4-12-37(13-5-1)38-22-27-43(28-23-38)57-62-58(44-29-24-40(25-30-44)48-21-11-19-42-18-10-20-47(53(42)48)39-14-6-2-7-15-39)64-59(63-57)46-31-26-41-32-33-50-54(49(41)36-46)55-51(65-50)34-35-52-56(55)61-60(66-52)45-16-8-3-9-17-45/h1-36H. The number of rotatable bonds is 7. The molecule has 0 unspecified atom stereocenters. The predicted molar refractivity (Wildman–Crippen MR) is 268 cm³/mol. The Kier molecular flexibility index (Phi) is 8.74. The van der Waals surface area contributed by atoms with Crippen molar-refractivity contribution in [3.8, 4) is 79.0 Å². The molecule has 0 atom stereocenters. The maximum absolute atomic E-state index is 6.50. The maximum atomic E-state index is 6.50. The highest BCUT2D eigenvalue weighted by atomic mass is 16.4. The van der Waals surface area contributed by atoms with E-state index >= 15 is 0 Å². The Morgan fingerprint density at radius 3 is 1.39 bits per heavy atom. The third kappa shape index (κ3) is 6.42. The van der Waals surface area contributed by atoms with Gasteiger partial charge in [0.1, 0.15) is 16.7 Å². The molecule has 66 heavy (non-hydrogen) atoms. The summed E-state index contributed by atoms with van der Waals surface area (Å²) in [7, 11) is 0. The largest absolute Gasteiger partial charge is 0.456 e. The summed E-state index contributed by atoms with van der Waals surface area (Å²) in [5, 5.41) is 6.36. The van der Waals surface area contributed by atoms with Crippen molar-refractivity contribution in [2.75, 3.05) is 0 Å². The lowest BCUT2D eigenvalue weighted by Crippen LogP contribution is -2.00. The highest BCUT2D eigenvalue weighted by Gasteiger charge is 2.20. The van der Waals surface area contributed by atoms with E-state index in [0.29, 0.717) is 28.9 Å². The second-order valence-corrected chi connectivity index (χ2v) is 16.5. The molecule has 13 aromatic rings. The number of aromatic nitrogens is 4. The van der Waals surface area contributed by atoms with E-state index in [-0.39, 0.29) is 0 Å². The number of oxazole rings is 1. The molecular formula is C60H36N4O2. The first-order valence-electron chi connectivity index (χ1n) is 22.0. The molecule has 0 saturated heterocycles. The van der Waals surface area contributed by atoms with Gasteiger partial charge in [-0.3, -0.25) is 0 Å². The van der Waals surface area contributed by atoms with E-state index in [1.54, 1.807) is 0 Å².